The number of hydrogen-bond acceptors (Lipinski definition) is 4. The molecule has 0 saturated heterocycles. The van der Waals surface area contributed by atoms with Crippen LogP contribution in [0.4, 0.5) is 5.69 Å². The van der Waals surface area contributed by atoms with Crippen LogP contribution in [0.3, 0.4) is 0 Å². The molecule has 28 heavy (non-hydrogen) atoms. The summed E-state index contributed by atoms with van der Waals surface area (Å²) in [7, 11) is 0. The number of halogens is 1. The van der Waals surface area contributed by atoms with E-state index in [0.29, 0.717) is 26.9 Å². The number of amides is 2. The number of thiophene rings is 1. The molecule has 3 aromatic rings. The largest absolute Gasteiger partial charge is 0.272 e. The van der Waals surface area contributed by atoms with Crippen molar-refractivity contribution in [3.63, 3.8) is 0 Å². The van der Waals surface area contributed by atoms with E-state index in [1.807, 2.05) is 60.8 Å². The van der Waals surface area contributed by atoms with E-state index >= 15 is 0 Å². The first-order valence-electron chi connectivity index (χ1n) is 8.66. The van der Waals surface area contributed by atoms with Gasteiger partial charge in [-0.2, -0.15) is 0 Å². The van der Waals surface area contributed by atoms with Crippen molar-refractivity contribution in [1.29, 1.82) is 0 Å². The van der Waals surface area contributed by atoms with Crippen molar-refractivity contribution in [2.24, 2.45) is 0 Å². The maximum Gasteiger partial charge on any atom is 0.272 e. The van der Waals surface area contributed by atoms with Crippen LogP contribution in [0.5, 0.6) is 0 Å². The zero-order valence-corrected chi connectivity index (χ0v) is 17.4. The van der Waals surface area contributed by atoms with Gasteiger partial charge in [-0.3, -0.25) is 9.59 Å². The Labute approximate surface area is 176 Å². The SMILES string of the molecule is Cc1ccc(Cl)cc1N1C(=O)C(SCc2ccccc2)=C(c2cccs2)C1=O. The van der Waals surface area contributed by atoms with Gasteiger partial charge in [0.2, 0.25) is 0 Å². The summed E-state index contributed by atoms with van der Waals surface area (Å²) in [6.07, 6.45) is 0. The highest BCUT2D eigenvalue weighted by atomic mass is 35.5. The number of anilines is 1. The van der Waals surface area contributed by atoms with Gasteiger partial charge >= 0.3 is 0 Å². The fourth-order valence-electron chi connectivity index (χ4n) is 3.05. The van der Waals surface area contributed by atoms with Gasteiger partial charge in [0.15, 0.2) is 0 Å². The first-order chi connectivity index (χ1) is 13.6. The lowest BCUT2D eigenvalue weighted by molar-refractivity contribution is -0.119. The zero-order chi connectivity index (χ0) is 19.7. The lowest BCUT2D eigenvalue weighted by Crippen LogP contribution is -2.31. The standard InChI is InChI=1S/C22H16ClNO2S2/c1-14-9-10-16(23)12-17(14)24-21(25)19(18-8-5-11-27-18)20(22(24)26)28-13-15-6-3-2-4-7-15/h2-12H,13H2,1H3. The Balaban J connectivity index is 1.74. The van der Waals surface area contributed by atoms with Crippen LogP contribution in [0.1, 0.15) is 16.0 Å². The van der Waals surface area contributed by atoms with Crippen molar-refractivity contribution in [3.05, 3.63) is 92.0 Å². The molecule has 140 valence electrons. The van der Waals surface area contributed by atoms with Crippen LogP contribution in [-0.2, 0) is 15.3 Å². The molecule has 0 unspecified atom stereocenters. The van der Waals surface area contributed by atoms with Gasteiger partial charge in [-0.25, -0.2) is 4.90 Å². The number of carbonyl (C=O) groups excluding carboxylic acids is 2. The second kappa shape index (κ2) is 7.95. The normalized spacial score (nSPS) is 14.3. The lowest BCUT2D eigenvalue weighted by Gasteiger charge is -2.18. The first-order valence-corrected chi connectivity index (χ1v) is 10.9. The van der Waals surface area contributed by atoms with Crippen molar-refractivity contribution < 1.29 is 9.59 Å². The summed E-state index contributed by atoms with van der Waals surface area (Å²) in [6, 6.07) is 18.9. The van der Waals surface area contributed by atoms with Gasteiger partial charge in [-0.1, -0.05) is 54.1 Å². The molecule has 3 nitrogen and oxygen atoms in total. The number of nitrogens with zero attached hydrogens (tertiary/aromatic N) is 1. The molecular formula is C22H16ClNO2S2. The van der Waals surface area contributed by atoms with E-state index in [2.05, 4.69) is 0 Å². The van der Waals surface area contributed by atoms with E-state index in [9.17, 15) is 9.59 Å². The van der Waals surface area contributed by atoms with E-state index in [1.54, 1.807) is 12.1 Å². The van der Waals surface area contributed by atoms with E-state index < -0.39 is 0 Å². The van der Waals surface area contributed by atoms with Crippen molar-refractivity contribution in [2.75, 3.05) is 4.90 Å². The number of imide groups is 1. The van der Waals surface area contributed by atoms with E-state index in [-0.39, 0.29) is 11.8 Å². The summed E-state index contributed by atoms with van der Waals surface area (Å²) in [5.41, 5.74) is 2.93. The van der Waals surface area contributed by atoms with Gasteiger partial charge in [0, 0.05) is 15.7 Å². The fraction of sp³-hybridized carbons (Fsp3) is 0.0909. The highest BCUT2D eigenvalue weighted by molar-refractivity contribution is 8.03. The predicted molar refractivity (Wildman–Crippen MR) is 118 cm³/mol. The topological polar surface area (TPSA) is 37.4 Å². The number of rotatable bonds is 5. The molecule has 0 spiro atoms. The molecule has 6 heteroatoms. The number of benzene rings is 2. The Morgan fingerprint density at radius 3 is 2.50 bits per heavy atom. The second-order valence-corrected chi connectivity index (χ2v) is 8.70. The minimum atomic E-state index is -0.298. The van der Waals surface area contributed by atoms with E-state index in [0.717, 1.165) is 16.0 Å². The van der Waals surface area contributed by atoms with Crippen LogP contribution in [0.25, 0.3) is 5.57 Å². The van der Waals surface area contributed by atoms with Crippen molar-refractivity contribution in [3.8, 4) is 0 Å². The Hall–Kier alpha value is -2.34. The molecule has 4 rings (SSSR count). The van der Waals surface area contributed by atoms with E-state index in [1.165, 1.54) is 28.0 Å². The van der Waals surface area contributed by atoms with Crippen LogP contribution >= 0.6 is 34.7 Å². The van der Waals surface area contributed by atoms with Crippen LogP contribution in [0, 0.1) is 6.92 Å². The Morgan fingerprint density at radius 2 is 1.79 bits per heavy atom. The third-order valence-corrected chi connectivity index (χ3v) is 6.71. The maximum atomic E-state index is 13.3. The maximum absolute atomic E-state index is 13.3. The molecule has 1 aliphatic heterocycles. The van der Waals surface area contributed by atoms with Crippen LogP contribution in [-0.4, -0.2) is 11.8 Å². The molecule has 0 bridgehead atoms. The number of aryl methyl sites for hydroxylation is 1. The van der Waals surface area contributed by atoms with Crippen LogP contribution in [0.15, 0.2) is 70.9 Å². The average Bonchev–Trinajstić information content (AvgIpc) is 3.30. The smallest absolute Gasteiger partial charge is 0.268 e. The number of hydrogen-bond donors (Lipinski definition) is 0. The Morgan fingerprint density at radius 1 is 1.00 bits per heavy atom. The molecule has 1 aromatic heterocycles. The van der Waals surface area contributed by atoms with Crippen molar-refractivity contribution in [1.82, 2.24) is 0 Å². The molecule has 0 N–H and O–H groups in total. The molecule has 2 heterocycles. The predicted octanol–water partition coefficient (Wildman–Crippen LogP) is 5.93. The third-order valence-electron chi connectivity index (χ3n) is 4.45. The van der Waals surface area contributed by atoms with Gasteiger partial charge in [0.05, 0.1) is 16.2 Å². The van der Waals surface area contributed by atoms with Gasteiger partial charge in [0.25, 0.3) is 11.8 Å². The van der Waals surface area contributed by atoms with Crippen molar-refractivity contribution >= 4 is 57.8 Å². The lowest BCUT2D eigenvalue weighted by atomic mass is 10.1. The molecule has 0 radical (unpaired) electrons. The highest BCUT2D eigenvalue weighted by Gasteiger charge is 2.41. The van der Waals surface area contributed by atoms with E-state index in [4.69, 9.17) is 11.6 Å². The summed E-state index contributed by atoms with van der Waals surface area (Å²) in [5.74, 6) is 0.0278. The summed E-state index contributed by atoms with van der Waals surface area (Å²) >= 11 is 9.00. The van der Waals surface area contributed by atoms with Gasteiger partial charge < -0.3 is 0 Å². The number of thioether (sulfide) groups is 1. The first kappa shape index (κ1) is 19.0. The average molecular weight is 426 g/mol. The van der Waals surface area contributed by atoms with Crippen LogP contribution in [0.2, 0.25) is 5.02 Å². The molecule has 0 atom stereocenters. The molecule has 0 saturated carbocycles. The molecule has 2 amide bonds. The minimum Gasteiger partial charge on any atom is -0.268 e. The minimum absolute atomic E-state index is 0.292. The van der Waals surface area contributed by atoms with Gasteiger partial charge in [-0.15, -0.1) is 23.1 Å². The second-order valence-electron chi connectivity index (χ2n) is 6.33. The summed E-state index contributed by atoms with van der Waals surface area (Å²) in [5, 5.41) is 2.40. The quantitative estimate of drug-likeness (QED) is 0.475. The Bertz CT molecular complexity index is 1080. The van der Waals surface area contributed by atoms with Gasteiger partial charge in [-0.05, 0) is 41.6 Å². The summed E-state index contributed by atoms with van der Waals surface area (Å²) in [6.45, 7) is 1.87. The summed E-state index contributed by atoms with van der Waals surface area (Å²) < 4.78 is 0. The monoisotopic (exact) mass is 425 g/mol. The fourth-order valence-corrected chi connectivity index (χ4v) is 5.11. The number of carbonyl (C=O) groups is 2. The molecule has 0 fully saturated rings. The zero-order valence-electron chi connectivity index (χ0n) is 15.0. The summed E-state index contributed by atoms with van der Waals surface area (Å²) in [4.78, 5) is 29.1. The molecular weight excluding hydrogens is 410 g/mol. The van der Waals surface area contributed by atoms with Crippen molar-refractivity contribution in [2.45, 2.75) is 12.7 Å². The molecule has 1 aliphatic rings. The van der Waals surface area contributed by atoms with Gasteiger partial charge in [0.1, 0.15) is 0 Å². The Kier molecular flexibility index (Phi) is 5.40. The third kappa shape index (κ3) is 3.53. The highest BCUT2D eigenvalue weighted by Crippen LogP contribution is 2.41. The molecule has 2 aromatic carbocycles. The van der Waals surface area contributed by atoms with Crippen LogP contribution < -0.4 is 4.90 Å². The molecule has 0 aliphatic carbocycles.